The Morgan fingerprint density at radius 2 is 1.90 bits per heavy atom. The number of imidazole rings is 1. The van der Waals surface area contributed by atoms with Crippen LogP contribution in [0.15, 0.2) is 12.1 Å². The molecule has 0 saturated carbocycles. The van der Waals surface area contributed by atoms with Gasteiger partial charge in [0, 0.05) is 6.54 Å². The second kappa shape index (κ2) is 4.82. The molecule has 1 aromatic carbocycles. The first kappa shape index (κ1) is 14.4. The van der Waals surface area contributed by atoms with E-state index in [-0.39, 0.29) is 6.54 Å². The van der Waals surface area contributed by atoms with Gasteiger partial charge in [-0.25, -0.2) is 4.98 Å². The van der Waals surface area contributed by atoms with Crippen molar-refractivity contribution in [3.63, 3.8) is 0 Å². The van der Waals surface area contributed by atoms with E-state index in [1.807, 2.05) is 19.9 Å². The highest BCUT2D eigenvalue weighted by atomic mass is 19.4. The van der Waals surface area contributed by atoms with Crippen molar-refractivity contribution < 1.29 is 13.2 Å². The summed E-state index contributed by atoms with van der Waals surface area (Å²) in [5, 5.41) is 8.83. The van der Waals surface area contributed by atoms with E-state index in [0.717, 1.165) is 15.7 Å². The molecule has 3 nitrogen and oxygen atoms in total. The maximum atomic E-state index is 13.1. The molecule has 2 aromatic rings. The highest BCUT2D eigenvalue weighted by Crippen LogP contribution is 2.32. The number of rotatable bonds is 2. The Labute approximate surface area is 114 Å². The molecule has 0 N–H and O–H groups in total. The molecule has 6 heteroatoms. The molecule has 1 atom stereocenters. The lowest BCUT2D eigenvalue weighted by molar-refractivity contribution is -0.147. The van der Waals surface area contributed by atoms with Crippen molar-refractivity contribution >= 4 is 11.0 Å². The molecule has 1 aromatic heterocycles. The van der Waals surface area contributed by atoms with E-state index < -0.39 is 17.9 Å². The Hall–Kier alpha value is -2.03. The molecule has 0 bridgehead atoms. The van der Waals surface area contributed by atoms with Crippen molar-refractivity contribution in [2.75, 3.05) is 0 Å². The van der Waals surface area contributed by atoms with Gasteiger partial charge < -0.3 is 4.57 Å². The molecule has 20 heavy (non-hydrogen) atoms. The van der Waals surface area contributed by atoms with Crippen molar-refractivity contribution in [3.8, 4) is 6.07 Å². The standard InChI is InChI=1S/C14H14F3N3/c1-8(6-18)7-20-12-5-10(3)9(2)4-11(12)19-13(20)14(15,16)17/h4-5,8H,7H2,1-3H3. The number of hydrogen-bond donors (Lipinski definition) is 0. The van der Waals surface area contributed by atoms with Crippen LogP contribution in [-0.2, 0) is 12.7 Å². The van der Waals surface area contributed by atoms with Crippen LogP contribution >= 0.6 is 0 Å². The van der Waals surface area contributed by atoms with Gasteiger partial charge in [-0.05, 0) is 44.0 Å². The van der Waals surface area contributed by atoms with Crippen LogP contribution in [0, 0.1) is 31.1 Å². The molecule has 0 radical (unpaired) electrons. The van der Waals surface area contributed by atoms with Crippen molar-refractivity contribution in [1.29, 1.82) is 5.26 Å². The van der Waals surface area contributed by atoms with Gasteiger partial charge in [0.25, 0.3) is 0 Å². The summed E-state index contributed by atoms with van der Waals surface area (Å²) in [7, 11) is 0. The highest BCUT2D eigenvalue weighted by Gasteiger charge is 2.37. The summed E-state index contributed by atoms with van der Waals surface area (Å²) in [6, 6.07) is 5.29. The molecule has 0 aliphatic carbocycles. The van der Waals surface area contributed by atoms with Crippen molar-refractivity contribution in [2.45, 2.75) is 33.5 Å². The van der Waals surface area contributed by atoms with E-state index in [0.29, 0.717) is 11.0 Å². The third kappa shape index (κ3) is 2.48. The van der Waals surface area contributed by atoms with Gasteiger partial charge in [0.15, 0.2) is 0 Å². The second-order valence-electron chi connectivity index (χ2n) is 5.00. The van der Waals surface area contributed by atoms with E-state index in [1.54, 1.807) is 19.1 Å². The number of hydrogen-bond acceptors (Lipinski definition) is 2. The van der Waals surface area contributed by atoms with Gasteiger partial charge in [-0.15, -0.1) is 0 Å². The zero-order valence-electron chi connectivity index (χ0n) is 11.4. The Kier molecular flexibility index (Phi) is 3.46. The molecule has 0 amide bonds. The summed E-state index contributed by atoms with van der Waals surface area (Å²) >= 11 is 0. The second-order valence-corrected chi connectivity index (χ2v) is 5.00. The fourth-order valence-corrected chi connectivity index (χ4v) is 2.10. The van der Waals surface area contributed by atoms with Gasteiger partial charge in [-0.1, -0.05) is 0 Å². The minimum absolute atomic E-state index is 0.0235. The first-order valence-electron chi connectivity index (χ1n) is 6.18. The number of alkyl halides is 3. The summed E-state index contributed by atoms with van der Waals surface area (Å²) < 4.78 is 40.3. The van der Waals surface area contributed by atoms with E-state index in [2.05, 4.69) is 4.98 Å². The van der Waals surface area contributed by atoms with Crippen LogP contribution in [-0.4, -0.2) is 9.55 Å². The minimum atomic E-state index is -4.53. The topological polar surface area (TPSA) is 41.6 Å². The number of aromatic nitrogens is 2. The fraction of sp³-hybridized carbons (Fsp3) is 0.429. The summed E-state index contributed by atoms with van der Waals surface area (Å²) in [5.74, 6) is -1.46. The molecule has 0 fully saturated rings. The molecule has 0 spiro atoms. The van der Waals surface area contributed by atoms with Gasteiger partial charge in [-0.3, -0.25) is 0 Å². The summed E-state index contributed by atoms with van der Waals surface area (Å²) in [6.45, 7) is 5.24. The maximum Gasteiger partial charge on any atom is 0.449 e. The zero-order valence-corrected chi connectivity index (χ0v) is 11.4. The monoisotopic (exact) mass is 281 g/mol. The van der Waals surface area contributed by atoms with Gasteiger partial charge in [0.1, 0.15) is 0 Å². The molecule has 0 aliphatic rings. The average Bonchev–Trinajstić information content (AvgIpc) is 2.68. The first-order valence-corrected chi connectivity index (χ1v) is 6.18. The van der Waals surface area contributed by atoms with Crippen LogP contribution in [0.4, 0.5) is 13.2 Å². The van der Waals surface area contributed by atoms with E-state index in [1.165, 1.54) is 0 Å². The zero-order chi connectivity index (χ0) is 15.1. The Balaban J connectivity index is 2.72. The van der Waals surface area contributed by atoms with Gasteiger partial charge in [0.2, 0.25) is 5.82 Å². The average molecular weight is 281 g/mol. The number of nitriles is 1. The number of aryl methyl sites for hydroxylation is 2. The predicted molar refractivity (Wildman–Crippen MR) is 69.0 cm³/mol. The van der Waals surface area contributed by atoms with E-state index in [4.69, 9.17) is 5.26 Å². The van der Waals surface area contributed by atoms with Crippen LogP contribution in [0.2, 0.25) is 0 Å². The minimum Gasteiger partial charge on any atom is -0.319 e. The lowest BCUT2D eigenvalue weighted by Gasteiger charge is -2.12. The Morgan fingerprint density at radius 1 is 1.30 bits per heavy atom. The molecule has 1 heterocycles. The lowest BCUT2D eigenvalue weighted by atomic mass is 10.1. The normalized spacial score (nSPS) is 13.4. The molecule has 0 aliphatic heterocycles. The van der Waals surface area contributed by atoms with Gasteiger partial charge in [-0.2, -0.15) is 18.4 Å². The first-order chi connectivity index (χ1) is 9.24. The quantitative estimate of drug-likeness (QED) is 0.839. The molecular weight excluding hydrogens is 267 g/mol. The smallest absolute Gasteiger partial charge is 0.319 e. The van der Waals surface area contributed by atoms with Crippen molar-refractivity contribution in [3.05, 3.63) is 29.1 Å². The summed E-state index contributed by atoms with van der Waals surface area (Å²) in [6.07, 6.45) is -4.53. The van der Waals surface area contributed by atoms with Crippen LogP contribution < -0.4 is 0 Å². The summed E-state index contributed by atoms with van der Waals surface area (Å²) in [4.78, 5) is 3.70. The van der Waals surface area contributed by atoms with Crippen LogP contribution in [0.25, 0.3) is 11.0 Å². The molecule has 1 unspecified atom stereocenters. The maximum absolute atomic E-state index is 13.1. The Bertz CT molecular complexity index is 692. The SMILES string of the molecule is Cc1cc2nc(C(F)(F)F)n(CC(C)C#N)c2cc1C. The predicted octanol–water partition coefficient (Wildman–Crippen LogP) is 3.83. The molecule has 2 rings (SSSR count). The van der Waals surface area contributed by atoms with E-state index >= 15 is 0 Å². The third-order valence-electron chi connectivity index (χ3n) is 3.29. The largest absolute Gasteiger partial charge is 0.449 e. The molecular formula is C14H14F3N3. The number of halogens is 3. The molecule has 0 saturated heterocycles. The van der Waals surface area contributed by atoms with Crippen molar-refractivity contribution in [2.24, 2.45) is 5.92 Å². The number of nitrogens with zero attached hydrogens (tertiary/aromatic N) is 3. The highest BCUT2D eigenvalue weighted by molar-refractivity contribution is 5.78. The van der Waals surface area contributed by atoms with Crippen molar-refractivity contribution in [1.82, 2.24) is 9.55 Å². The van der Waals surface area contributed by atoms with Gasteiger partial charge >= 0.3 is 6.18 Å². The number of fused-ring (bicyclic) bond motifs is 1. The third-order valence-corrected chi connectivity index (χ3v) is 3.29. The van der Waals surface area contributed by atoms with E-state index in [9.17, 15) is 13.2 Å². The fourth-order valence-electron chi connectivity index (χ4n) is 2.10. The summed E-state index contributed by atoms with van der Waals surface area (Å²) in [5.41, 5.74) is 2.52. The van der Waals surface area contributed by atoms with Gasteiger partial charge in [0.05, 0.1) is 23.0 Å². The van der Waals surface area contributed by atoms with Crippen LogP contribution in [0.1, 0.15) is 23.9 Å². The Morgan fingerprint density at radius 3 is 2.45 bits per heavy atom. The number of benzene rings is 1. The van der Waals surface area contributed by atoms with Crippen LogP contribution in [0.5, 0.6) is 0 Å². The lowest BCUT2D eigenvalue weighted by Crippen LogP contribution is -2.17. The molecule has 106 valence electrons. The van der Waals surface area contributed by atoms with Crippen LogP contribution in [0.3, 0.4) is 0 Å².